The number of benzene rings is 1. The van der Waals surface area contributed by atoms with Crippen LogP contribution in [-0.2, 0) is 21.7 Å². The van der Waals surface area contributed by atoms with Crippen molar-refractivity contribution < 1.29 is 30.8 Å². The molecule has 1 aromatic carbocycles. The number of hydrogen-bond donors (Lipinski definition) is 2. The Hall–Kier alpha value is -2.74. The topological polar surface area (TPSA) is 118 Å². The molecule has 0 bridgehead atoms. The van der Waals surface area contributed by atoms with E-state index in [4.69, 9.17) is 5.73 Å². The lowest BCUT2D eigenvalue weighted by atomic mass is 9.93. The van der Waals surface area contributed by atoms with Crippen molar-refractivity contribution in [1.82, 2.24) is 9.29 Å². The number of guanidine groups is 1. The Morgan fingerprint density at radius 2 is 2.03 bits per heavy atom. The SMILES string of the molecule is CN1C(N)=N[C@](C)(c2cc(NC(=O)c3csc(C(F)(F)F)n3)ccc2F)CS1(=O)=O. The van der Waals surface area contributed by atoms with E-state index in [0.717, 1.165) is 21.8 Å². The van der Waals surface area contributed by atoms with Crippen LogP contribution in [0.1, 0.15) is 28.0 Å². The summed E-state index contributed by atoms with van der Waals surface area (Å²) in [4.78, 5) is 19.6. The number of alkyl halides is 3. The van der Waals surface area contributed by atoms with Gasteiger partial charge in [0.25, 0.3) is 5.91 Å². The summed E-state index contributed by atoms with van der Waals surface area (Å²) < 4.78 is 77.8. The molecule has 1 atom stereocenters. The van der Waals surface area contributed by atoms with Crippen LogP contribution in [0.3, 0.4) is 0 Å². The van der Waals surface area contributed by atoms with Crippen LogP contribution in [0.15, 0.2) is 28.6 Å². The van der Waals surface area contributed by atoms with Crippen molar-refractivity contribution in [1.29, 1.82) is 0 Å². The van der Waals surface area contributed by atoms with E-state index in [0.29, 0.717) is 0 Å². The van der Waals surface area contributed by atoms with Crippen molar-refractivity contribution in [3.63, 3.8) is 0 Å². The van der Waals surface area contributed by atoms with Gasteiger partial charge in [-0.1, -0.05) is 0 Å². The Balaban J connectivity index is 1.93. The molecule has 0 radical (unpaired) electrons. The monoisotopic (exact) mass is 465 g/mol. The van der Waals surface area contributed by atoms with E-state index < -0.39 is 49.9 Å². The molecule has 1 amide bonds. The lowest BCUT2D eigenvalue weighted by molar-refractivity contribution is -0.137. The lowest BCUT2D eigenvalue weighted by Gasteiger charge is -2.34. The third-order valence-corrected chi connectivity index (χ3v) is 7.18. The van der Waals surface area contributed by atoms with E-state index >= 15 is 0 Å². The van der Waals surface area contributed by atoms with Crippen LogP contribution in [0.2, 0.25) is 0 Å². The summed E-state index contributed by atoms with van der Waals surface area (Å²) in [5.74, 6) is -2.64. The number of anilines is 1. The Morgan fingerprint density at radius 1 is 1.37 bits per heavy atom. The van der Waals surface area contributed by atoms with Crippen molar-refractivity contribution in [2.24, 2.45) is 10.7 Å². The minimum Gasteiger partial charge on any atom is -0.369 e. The zero-order valence-corrected chi connectivity index (χ0v) is 17.1. The number of hydrogen-bond acceptors (Lipinski definition) is 7. The van der Waals surface area contributed by atoms with E-state index in [1.54, 1.807) is 0 Å². The highest BCUT2D eigenvalue weighted by Gasteiger charge is 2.42. The van der Waals surface area contributed by atoms with Crippen molar-refractivity contribution in [3.8, 4) is 0 Å². The fourth-order valence-electron chi connectivity index (χ4n) is 2.81. The number of thiazole rings is 1. The third-order valence-electron chi connectivity index (χ3n) is 4.35. The Bertz CT molecular complexity index is 1150. The van der Waals surface area contributed by atoms with Crippen LogP contribution in [0, 0.1) is 5.82 Å². The minimum absolute atomic E-state index is 0.0179. The molecule has 1 aliphatic heterocycles. The molecular weight excluding hydrogens is 450 g/mol. The van der Waals surface area contributed by atoms with E-state index in [9.17, 15) is 30.8 Å². The summed E-state index contributed by atoms with van der Waals surface area (Å²) in [5, 5.41) is 2.08. The zero-order valence-electron chi connectivity index (χ0n) is 15.5. The average Bonchev–Trinajstić information content (AvgIpc) is 3.11. The second-order valence-corrected chi connectivity index (χ2v) is 9.51. The Morgan fingerprint density at radius 3 is 2.60 bits per heavy atom. The van der Waals surface area contributed by atoms with Gasteiger partial charge in [0.1, 0.15) is 17.1 Å². The fourth-order valence-corrected chi connectivity index (χ4v) is 4.92. The normalized spacial score (nSPS) is 21.3. The fraction of sp³-hybridized carbons (Fsp3) is 0.312. The summed E-state index contributed by atoms with van der Waals surface area (Å²) in [6.07, 6.45) is -4.68. The molecule has 0 spiro atoms. The highest BCUT2D eigenvalue weighted by molar-refractivity contribution is 7.89. The van der Waals surface area contributed by atoms with Gasteiger partial charge in [-0.15, -0.1) is 11.3 Å². The van der Waals surface area contributed by atoms with Crippen molar-refractivity contribution in [2.45, 2.75) is 18.6 Å². The highest BCUT2D eigenvalue weighted by atomic mass is 32.2. The van der Waals surface area contributed by atoms with Crippen molar-refractivity contribution >= 4 is 38.9 Å². The van der Waals surface area contributed by atoms with E-state index in [1.165, 1.54) is 20.0 Å². The van der Waals surface area contributed by atoms with Gasteiger partial charge >= 0.3 is 6.18 Å². The van der Waals surface area contributed by atoms with Crippen molar-refractivity contribution in [2.75, 3.05) is 18.1 Å². The van der Waals surface area contributed by atoms with Gasteiger partial charge in [0, 0.05) is 23.7 Å². The van der Waals surface area contributed by atoms with E-state index in [-0.39, 0.29) is 28.5 Å². The maximum absolute atomic E-state index is 14.5. The van der Waals surface area contributed by atoms with Gasteiger partial charge in [-0.2, -0.15) is 13.2 Å². The number of rotatable bonds is 3. The van der Waals surface area contributed by atoms with Crippen LogP contribution in [0.4, 0.5) is 23.2 Å². The molecule has 0 fully saturated rings. The van der Waals surface area contributed by atoms with Crippen LogP contribution in [0.25, 0.3) is 0 Å². The first-order valence-electron chi connectivity index (χ1n) is 8.19. The number of aliphatic imine (C=N–C) groups is 1. The number of amides is 1. The van der Waals surface area contributed by atoms with E-state index in [2.05, 4.69) is 15.3 Å². The van der Waals surface area contributed by atoms with Crippen molar-refractivity contribution in [3.05, 3.63) is 45.7 Å². The number of nitrogens with two attached hydrogens (primary N) is 1. The second-order valence-electron chi connectivity index (χ2n) is 6.65. The summed E-state index contributed by atoms with van der Waals surface area (Å²) in [6, 6.07) is 3.31. The van der Waals surface area contributed by atoms with Crippen LogP contribution >= 0.6 is 11.3 Å². The summed E-state index contributed by atoms with van der Waals surface area (Å²) in [6.45, 7) is 1.37. The number of nitrogens with zero attached hydrogens (tertiary/aromatic N) is 3. The summed E-state index contributed by atoms with van der Waals surface area (Å²) in [7, 11) is -2.65. The zero-order chi connectivity index (χ0) is 22.5. The number of carbonyl (C=O) groups excluding carboxylic acids is 1. The van der Waals surface area contributed by atoms with Crippen LogP contribution in [-0.4, -0.2) is 42.4 Å². The standard InChI is InChI=1S/C16H15F4N5O3S2/c1-15(7-30(27,28)25(2)14(21)24-15)9-5-8(3-4-10(9)17)22-12(26)11-6-29-13(23-11)16(18,19)20/h3-6H,7H2,1-2H3,(H2,21,24)(H,22,26)/t15-/m0/s1. The molecular formula is C16H15F4N5O3S2. The number of sulfonamides is 1. The average molecular weight is 465 g/mol. The first kappa shape index (κ1) is 22.0. The third kappa shape index (κ3) is 4.09. The maximum Gasteiger partial charge on any atom is 0.443 e. The molecule has 30 heavy (non-hydrogen) atoms. The molecule has 3 rings (SSSR count). The Labute approximate surface area is 172 Å². The molecule has 162 valence electrons. The largest absolute Gasteiger partial charge is 0.443 e. The van der Waals surface area contributed by atoms with Gasteiger partial charge < -0.3 is 11.1 Å². The van der Waals surface area contributed by atoms with Crippen LogP contribution < -0.4 is 11.1 Å². The number of aromatic nitrogens is 1. The molecule has 14 heteroatoms. The van der Waals surface area contributed by atoms with Gasteiger partial charge in [-0.3, -0.25) is 4.79 Å². The molecule has 8 nitrogen and oxygen atoms in total. The summed E-state index contributed by atoms with van der Waals surface area (Å²) in [5.41, 5.74) is 3.47. The predicted molar refractivity (Wildman–Crippen MR) is 102 cm³/mol. The maximum atomic E-state index is 14.5. The molecule has 0 unspecified atom stereocenters. The Kier molecular flexibility index (Phi) is 5.27. The number of halogens is 4. The van der Waals surface area contributed by atoms with Gasteiger partial charge in [-0.25, -0.2) is 27.1 Å². The molecule has 2 aromatic rings. The highest BCUT2D eigenvalue weighted by Crippen LogP contribution is 2.35. The van der Waals surface area contributed by atoms with Crippen LogP contribution in [0.5, 0.6) is 0 Å². The summed E-state index contributed by atoms with van der Waals surface area (Å²) >= 11 is 0.263. The van der Waals surface area contributed by atoms with Gasteiger partial charge in [0.2, 0.25) is 16.0 Å². The molecule has 0 saturated carbocycles. The smallest absolute Gasteiger partial charge is 0.369 e. The van der Waals surface area contributed by atoms with Gasteiger partial charge in [-0.05, 0) is 25.1 Å². The second kappa shape index (κ2) is 7.19. The van der Waals surface area contributed by atoms with Gasteiger partial charge in [0.15, 0.2) is 5.01 Å². The number of carbonyl (C=O) groups is 1. The quantitative estimate of drug-likeness (QED) is 0.675. The first-order chi connectivity index (χ1) is 13.7. The molecule has 1 aromatic heterocycles. The van der Waals surface area contributed by atoms with E-state index in [1.807, 2.05) is 0 Å². The number of nitrogens with one attached hydrogen (secondary N) is 1. The lowest BCUT2D eigenvalue weighted by Crippen LogP contribution is -2.50. The first-order valence-corrected chi connectivity index (χ1v) is 10.7. The molecule has 0 aliphatic carbocycles. The molecule has 2 heterocycles. The predicted octanol–water partition coefficient (Wildman–Crippen LogP) is 2.36. The van der Waals surface area contributed by atoms with Gasteiger partial charge in [0.05, 0.1) is 5.75 Å². The molecule has 3 N–H and O–H groups in total. The molecule has 0 saturated heterocycles. The molecule has 1 aliphatic rings. The minimum atomic E-state index is -4.68.